The van der Waals surface area contributed by atoms with E-state index in [1.807, 2.05) is 0 Å². The molecule has 0 spiro atoms. The van der Waals surface area contributed by atoms with E-state index in [1.165, 1.54) is 11.7 Å². The monoisotopic (exact) mass is 169 g/mol. The van der Waals surface area contributed by atoms with Crippen molar-refractivity contribution >= 4 is 5.91 Å². The van der Waals surface area contributed by atoms with Gasteiger partial charge in [-0.2, -0.15) is 4.79 Å². The van der Waals surface area contributed by atoms with Crippen LogP contribution < -0.4 is 10.7 Å². The Kier molecular flexibility index (Phi) is 2.62. The lowest BCUT2D eigenvalue weighted by Gasteiger charge is -1.95. The SMILES string of the molecule is CNn1cc(CNC(C)=O)nn1. The summed E-state index contributed by atoms with van der Waals surface area (Å²) in [5.41, 5.74) is 3.49. The first-order chi connectivity index (χ1) is 5.72. The molecule has 1 amide bonds. The van der Waals surface area contributed by atoms with Crippen molar-refractivity contribution in [2.45, 2.75) is 13.5 Å². The summed E-state index contributed by atoms with van der Waals surface area (Å²) in [6.07, 6.45) is 1.70. The van der Waals surface area contributed by atoms with Gasteiger partial charge in [-0.15, -0.1) is 5.10 Å². The number of amides is 1. The van der Waals surface area contributed by atoms with Crippen LogP contribution in [0.25, 0.3) is 0 Å². The molecule has 0 aliphatic carbocycles. The minimum absolute atomic E-state index is 0.0750. The predicted octanol–water partition coefficient (Wildman–Crippen LogP) is -0.913. The number of hydrogen-bond acceptors (Lipinski definition) is 4. The van der Waals surface area contributed by atoms with Crippen LogP contribution in [-0.2, 0) is 11.3 Å². The Hall–Kier alpha value is -1.59. The normalized spacial score (nSPS) is 9.50. The third-order valence-corrected chi connectivity index (χ3v) is 1.29. The van der Waals surface area contributed by atoms with Gasteiger partial charge in [0.2, 0.25) is 5.91 Å². The van der Waals surface area contributed by atoms with E-state index in [0.29, 0.717) is 6.54 Å². The number of rotatable bonds is 3. The number of carbonyl (C=O) groups excluding carboxylic acids is 1. The fourth-order valence-corrected chi connectivity index (χ4v) is 0.704. The molecule has 0 atom stereocenters. The third kappa shape index (κ3) is 2.22. The van der Waals surface area contributed by atoms with E-state index < -0.39 is 0 Å². The van der Waals surface area contributed by atoms with Crippen LogP contribution >= 0.6 is 0 Å². The van der Waals surface area contributed by atoms with Gasteiger partial charge in [0.15, 0.2) is 0 Å². The van der Waals surface area contributed by atoms with Crippen LogP contribution in [0.5, 0.6) is 0 Å². The Morgan fingerprint density at radius 2 is 2.50 bits per heavy atom. The van der Waals surface area contributed by atoms with Crippen molar-refractivity contribution in [3.63, 3.8) is 0 Å². The maximum Gasteiger partial charge on any atom is 0.217 e. The van der Waals surface area contributed by atoms with Gasteiger partial charge < -0.3 is 10.7 Å². The Bertz CT molecular complexity index is 269. The highest BCUT2D eigenvalue weighted by molar-refractivity contribution is 5.72. The number of hydrogen-bond donors (Lipinski definition) is 2. The predicted molar refractivity (Wildman–Crippen MR) is 42.8 cm³/mol. The average molecular weight is 169 g/mol. The van der Waals surface area contributed by atoms with Crippen molar-refractivity contribution in [2.24, 2.45) is 0 Å². The Morgan fingerprint density at radius 1 is 1.75 bits per heavy atom. The van der Waals surface area contributed by atoms with E-state index >= 15 is 0 Å². The molecule has 1 rings (SSSR count). The van der Waals surface area contributed by atoms with E-state index in [2.05, 4.69) is 21.1 Å². The van der Waals surface area contributed by atoms with E-state index in [4.69, 9.17) is 0 Å². The molecule has 1 aromatic rings. The van der Waals surface area contributed by atoms with Crippen molar-refractivity contribution in [1.82, 2.24) is 20.4 Å². The molecule has 0 bridgehead atoms. The molecule has 0 fully saturated rings. The van der Waals surface area contributed by atoms with Crippen LogP contribution in [0.4, 0.5) is 0 Å². The molecule has 0 radical (unpaired) electrons. The molecule has 0 saturated heterocycles. The minimum Gasteiger partial charge on any atom is -0.351 e. The lowest BCUT2D eigenvalue weighted by molar-refractivity contribution is -0.119. The first-order valence-electron chi connectivity index (χ1n) is 3.56. The lowest BCUT2D eigenvalue weighted by Crippen LogP contribution is -2.19. The molecule has 0 aliphatic heterocycles. The summed E-state index contributed by atoms with van der Waals surface area (Å²) >= 11 is 0. The number of nitrogens with zero attached hydrogens (tertiary/aromatic N) is 3. The lowest BCUT2D eigenvalue weighted by atomic mass is 10.5. The van der Waals surface area contributed by atoms with Crippen molar-refractivity contribution in [3.05, 3.63) is 11.9 Å². The number of carbonyl (C=O) groups is 1. The first-order valence-corrected chi connectivity index (χ1v) is 3.56. The Morgan fingerprint density at radius 3 is 3.00 bits per heavy atom. The molecule has 12 heavy (non-hydrogen) atoms. The zero-order valence-electron chi connectivity index (χ0n) is 7.03. The van der Waals surface area contributed by atoms with Gasteiger partial charge in [-0.25, -0.2) is 0 Å². The maximum atomic E-state index is 10.5. The van der Waals surface area contributed by atoms with Crippen LogP contribution in [0.15, 0.2) is 6.20 Å². The zero-order valence-corrected chi connectivity index (χ0v) is 7.03. The molecular weight excluding hydrogens is 158 g/mol. The summed E-state index contributed by atoms with van der Waals surface area (Å²) < 4.78 is 0. The highest BCUT2D eigenvalue weighted by Crippen LogP contribution is 1.88. The van der Waals surface area contributed by atoms with Gasteiger partial charge in [0.1, 0.15) is 5.69 Å². The van der Waals surface area contributed by atoms with Crippen molar-refractivity contribution in [1.29, 1.82) is 0 Å². The van der Waals surface area contributed by atoms with Gasteiger partial charge >= 0.3 is 0 Å². The maximum absolute atomic E-state index is 10.5. The first kappa shape index (κ1) is 8.51. The quantitative estimate of drug-likeness (QED) is 0.614. The van der Waals surface area contributed by atoms with Gasteiger partial charge in [-0.1, -0.05) is 0 Å². The second-order valence-electron chi connectivity index (χ2n) is 2.29. The van der Waals surface area contributed by atoms with Crippen LogP contribution in [0, 0.1) is 0 Å². The van der Waals surface area contributed by atoms with Gasteiger partial charge in [-0.3, -0.25) is 4.79 Å². The van der Waals surface area contributed by atoms with Crippen LogP contribution in [0.1, 0.15) is 12.6 Å². The molecular formula is C6H11N5O. The van der Waals surface area contributed by atoms with Crippen molar-refractivity contribution in [2.75, 3.05) is 12.5 Å². The standard InChI is InChI=1S/C6H11N5O/c1-5(12)8-3-6-4-11(7-2)10-9-6/h4,7H,3H2,1-2H3,(H,8,12). The molecule has 0 aliphatic rings. The molecule has 66 valence electrons. The van der Waals surface area contributed by atoms with Gasteiger partial charge in [0, 0.05) is 14.0 Å². The van der Waals surface area contributed by atoms with Gasteiger partial charge in [-0.05, 0) is 5.21 Å². The van der Waals surface area contributed by atoms with Crippen LogP contribution in [0.3, 0.4) is 0 Å². The van der Waals surface area contributed by atoms with Gasteiger partial charge in [0.05, 0.1) is 12.7 Å². The third-order valence-electron chi connectivity index (χ3n) is 1.29. The van der Waals surface area contributed by atoms with Crippen molar-refractivity contribution < 1.29 is 4.79 Å². The summed E-state index contributed by atoms with van der Waals surface area (Å²) in [6, 6.07) is 0. The average Bonchev–Trinajstić information content (AvgIpc) is 2.48. The fourth-order valence-electron chi connectivity index (χ4n) is 0.704. The van der Waals surface area contributed by atoms with E-state index in [1.54, 1.807) is 13.2 Å². The smallest absolute Gasteiger partial charge is 0.217 e. The molecule has 0 saturated carbocycles. The molecule has 1 heterocycles. The highest BCUT2D eigenvalue weighted by atomic mass is 16.1. The minimum atomic E-state index is -0.0750. The molecule has 0 unspecified atom stereocenters. The number of nitrogens with one attached hydrogen (secondary N) is 2. The van der Waals surface area contributed by atoms with Gasteiger partial charge in [0.25, 0.3) is 0 Å². The largest absolute Gasteiger partial charge is 0.351 e. The van der Waals surface area contributed by atoms with Crippen LogP contribution in [-0.4, -0.2) is 28.1 Å². The topological polar surface area (TPSA) is 71.8 Å². The van der Waals surface area contributed by atoms with E-state index in [0.717, 1.165) is 5.69 Å². The molecule has 6 heteroatoms. The molecule has 6 nitrogen and oxygen atoms in total. The second-order valence-corrected chi connectivity index (χ2v) is 2.29. The molecule has 2 N–H and O–H groups in total. The summed E-state index contributed by atoms with van der Waals surface area (Å²) in [5.74, 6) is -0.0750. The Labute approximate surface area is 69.9 Å². The summed E-state index contributed by atoms with van der Waals surface area (Å²) in [5, 5.41) is 10.1. The highest BCUT2D eigenvalue weighted by Gasteiger charge is 1.98. The molecule has 0 aromatic carbocycles. The van der Waals surface area contributed by atoms with Crippen molar-refractivity contribution in [3.8, 4) is 0 Å². The number of aromatic nitrogens is 3. The Balaban J connectivity index is 2.47. The zero-order chi connectivity index (χ0) is 8.97. The van der Waals surface area contributed by atoms with Crippen LogP contribution in [0.2, 0.25) is 0 Å². The fraction of sp³-hybridized carbons (Fsp3) is 0.500. The van der Waals surface area contributed by atoms with E-state index in [9.17, 15) is 4.79 Å². The molecule has 1 aromatic heterocycles. The second kappa shape index (κ2) is 3.70. The van der Waals surface area contributed by atoms with E-state index in [-0.39, 0.29) is 5.91 Å². The summed E-state index contributed by atoms with van der Waals surface area (Å²) in [6.45, 7) is 1.87. The summed E-state index contributed by atoms with van der Waals surface area (Å²) in [7, 11) is 1.73. The summed E-state index contributed by atoms with van der Waals surface area (Å²) in [4.78, 5) is 12.0.